The first kappa shape index (κ1) is 13.2. The third-order valence-corrected chi connectivity index (χ3v) is 3.49. The molecule has 2 rings (SSSR count). The van der Waals surface area contributed by atoms with E-state index in [4.69, 9.17) is 21.1 Å². The minimum atomic E-state index is -0.662. The molecule has 0 aliphatic heterocycles. The fourth-order valence-corrected chi connectivity index (χ4v) is 2.28. The standard InChI is InChI=1S/C13H15ClO4/c1-17-11-8(6-13(16)3-4-13)5-10(14)9(7-15)12(11)18-2/h5,7,16H,3-4,6H2,1-2H3. The van der Waals surface area contributed by atoms with Gasteiger partial charge >= 0.3 is 0 Å². The molecular weight excluding hydrogens is 256 g/mol. The van der Waals surface area contributed by atoms with Crippen LogP contribution in [0.2, 0.25) is 5.02 Å². The van der Waals surface area contributed by atoms with E-state index in [1.54, 1.807) is 6.07 Å². The first-order chi connectivity index (χ1) is 8.54. The van der Waals surface area contributed by atoms with Gasteiger partial charge in [-0.25, -0.2) is 0 Å². The molecule has 0 saturated heterocycles. The Morgan fingerprint density at radius 3 is 2.44 bits per heavy atom. The van der Waals surface area contributed by atoms with Gasteiger partial charge in [0.1, 0.15) is 0 Å². The van der Waals surface area contributed by atoms with Crippen LogP contribution in [0.25, 0.3) is 0 Å². The fraction of sp³-hybridized carbons (Fsp3) is 0.462. The predicted molar refractivity (Wildman–Crippen MR) is 67.8 cm³/mol. The van der Waals surface area contributed by atoms with Crippen molar-refractivity contribution in [2.45, 2.75) is 24.9 Å². The first-order valence-electron chi connectivity index (χ1n) is 5.65. The molecule has 0 heterocycles. The van der Waals surface area contributed by atoms with Crippen molar-refractivity contribution < 1.29 is 19.4 Å². The Hall–Kier alpha value is -1.26. The molecule has 1 aromatic rings. The van der Waals surface area contributed by atoms with Gasteiger partial charge in [-0.1, -0.05) is 11.6 Å². The number of ether oxygens (including phenoxy) is 2. The van der Waals surface area contributed by atoms with E-state index in [0.29, 0.717) is 29.2 Å². The van der Waals surface area contributed by atoms with Crippen LogP contribution in [0.1, 0.15) is 28.8 Å². The van der Waals surface area contributed by atoms with Crippen LogP contribution in [-0.4, -0.2) is 31.2 Å². The Morgan fingerprint density at radius 2 is 2.00 bits per heavy atom. The molecule has 1 saturated carbocycles. The van der Waals surface area contributed by atoms with E-state index in [-0.39, 0.29) is 5.56 Å². The number of methoxy groups -OCH3 is 2. The highest BCUT2D eigenvalue weighted by Crippen LogP contribution is 2.44. The summed E-state index contributed by atoms with van der Waals surface area (Å²) < 4.78 is 10.5. The topological polar surface area (TPSA) is 55.8 Å². The van der Waals surface area contributed by atoms with Crippen molar-refractivity contribution in [2.75, 3.05) is 14.2 Å². The largest absolute Gasteiger partial charge is 0.493 e. The Balaban J connectivity index is 2.51. The Bertz CT molecular complexity index is 480. The number of aliphatic hydroxyl groups is 1. The predicted octanol–water partition coefficient (Wildman–Crippen LogP) is 2.24. The average molecular weight is 271 g/mol. The molecule has 0 bridgehead atoms. The maximum absolute atomic E-state index is 11.0. The molecule has 0 spiro atoms. The van der Waals surface area contributed by atoms with Gasteiger partial charge in [0.15, 0.2) is 17.8 Å². The molecule has 1 aromatic carbocycles. The molecule has 1 aliphatic rings. The van der Waals surface area contributed by atoms with Crippen molar-refractivity contribution in [1.29, 1.82) is 0 Å². The van der Waals surface area contributed by atoms with Crippen molar-refractivity contribution in [1.82, 2.24) is 0 Å². The minimum Gasteiger partial charge on any atom is -0.493 e. The highest BCUT2D eigenvalue weighted by molar-refractivity contribution is 6.33. The normalized spacial score (nSPS) is 16.2. The zero-order valence-electron chi connectivity index (χ0n) is 10.3. The van der Waals surface area contributed by atoms with Gasteiger partial charge < -0.3 is 14.6 Å². The van der Waals surface area contributed by atoms with E-state index in [1.165, 1.54) is 14.2 Å². The van der Waals surface area contributed by atoms with Crippen molar-refractivity contribution >= 4 is 17.9 Å². The summed E-state index contributed by atoms with van der Waals surface area (Å²) >= 11 is 6.04. The summed E-state index contributed by atoms with van der Waals surface area (Å²) in [4.78, 5) is 11.0. The van der Waals surface area contributed by atoms with E-state index in [0.717, 1.165) is 18.4 Å². The lowest BCUT2D eigenvalue weighted by Gasteiger charge is -2.17. The smallest absolute Gasteiger partial charge is 0.173 e. The van der Waals surface area contributed by atoms with Crippen LogP contribution in [0.15, 0.2) is 6.07 Å². The minimum absolute atomic E-state index is 0.266. The molecule has 1 N–H and O–H groups in total. The third kappa shape index (κ3) is 2.31. The van der Waals surface area contributed by atoms with E-state index in [1.807, 2.05) is 0 Å². The fourth-order valence-electron chi connectivity index (χ4n) is 2.02. The van der Waals surface area contributed by atoms with E-state index >= 15 is 0 Å². The molecule has 1 aliphatic carbocycles. The number of rotatable bonds is 5. The van der Waals surface area contributed by atoms with Crippen LogP contribution in [0.4, 0.5) is 0 Å². The quantitative estimate of drug-likeness (QED) is 0.834. The van der Waals surface area contributed by atoms with Crippen LogP contribution in [0, 0.1) is 0 Å². The molecular formula is C13H15ClO4. The second kappa shape index (κ2) is 4.78. The second-order valence-electron chi connectivity index (χ2n) is 4.52. The van der Waals surface area contributed by atoms with E-state index in [2.05, 4.69) is 0 Å². The number of hydrogen-bond donors (Lipinski definition) is 1. The lowest BCUT2D eigenvalue weighted by molar-refractivity contribution is 0.112. The maximum Gasteiger partial charge on any atom is 0.173 e. The van der Waals surface area contributed by atoms with Gasteiger partial charge in [0.25, 0.3) is 0 Å². The number of hydrogen-bond acceptors (Lipinski definition) is 4. The molecule has 5 heteroatoms. The molecule has 0 atom stereocenters. The van der Waals surface area contributed by atoms with Crippen LogP contribution in [0.3, 0.4) is 0 Å². The van der Waals surface area contributed by atoms with Gasteiger partial charge in [-0.2, -0.15) is 0 Å². The molecule has 1 fully saturated rings. The van der Waals surface area contributed by atoms with Crippen molar-refractivity contribution in [3.05, 3.63) is 22.2 Å². The molecule has 0 amide bonds. The Labute approximate surface area is 110 Å². The van der Waals surface area contributed by atoms with Crippen LogP contribution in [0.5, 0.6) is 11.5 Å². The number of carbonyl (C=O) groups is 1. The SMILES string of the molecule is COc1c(CC2(O)CC2)cc(Cl)c(C=O)c1OC. The number of aldehydes is 1. The zero-order chi connectivity index (χ0) is 13.3. The first-order valence-corrected chi connectivity index (χ1v) is 6.03. The van der Waals surface area contributed by atoms with Crippen LogP contribution >= 0.6 is 11.6 Å². The molecule has 4 nitrogen and oxygen atoms in total. The van der Waals surface area contributed by atoms with Crippen molar-refractivity contribution in [3.63, 3.8) is 0 Å². The summed E-state index contributed by atoms with van der Waals surface area (Å²) in [5.41, 5.74) is 0.358. The lowest BCUT2D eigenvalue weighted by atomic mass is 10.0. The molecule has 0 aromatic heterocycles. The summed E-state index contributed by atoms with van der Waals surface area (Å²) in [5, 5.41) is 10.3. The second-order valence-corrected chi connectivity index (χ2v) is 4.92. The van der Waals surface area contributed by atoms with E-state index < -0.39 is 5.60 Å². The number of carbonyl (C=O) groups excluding carboxylic acids is 1. The zero-order valence-corrected chi connectivity index (χ0v) is 11.1. The van der Waals surface area contributed by atoms with Crippen molar-refractivity contribution in [3.8, 4) is 11.5 Å². The molecule has 0 unspecified atom stereocenters. The van der Waals surface area contributed by atoms with Gasteiger partial charge in [-0.05, 0) is 18.9 Å². The van der Waals surface area contributed by atoms with Gasteiger partial charge in [-0.3, -0.25) is 4.79 Å². The third-order valence-electron chi connectivity index (χ3n) is 3.17. The summed E-state index contributed by atoms with van der Waals surface area (Å²) in [5.74, 6) is 0.781. The Kier molecular flexibility index (Phi) is 3.50. The summed E-state index contributed by atoms with van der Waals surface area (Å²) in [7, 11) is 2.96. The van der Waals surface area contributed by atoms with Gasteiger partial charge in [0.05, 0.1) is 30.4 Å². The highest BCUT2D eigenvalue weighted by Gasteiger charge is 2.41. The summed E-state index contributed by atoms with van der Waals surface area (Å²) in [6.45, 7) is 0. The molecule has 0 radical (unpaired) electrons. The van der Waals surface area contributed by atoms with Crippen LogP contribution < -0.4 is 9.47 Å². The van der Waals surface area contributed by atoms with Gasteiger partial charge in [-0.15, -0.1) is 0 Å². The summed E-state index contributed by atoms with van der Waals surface area (Å²) in [6.07, 6.45) is 2.63. The maximum atomic E-state index is 11.0. The number of benzene rings is 1. The average Bonchev–Trinajstić information content (AvgIpc) is 3.06. The molecule has 18 heavy (non-hydrogen) atoms. The molecule has 98 valence electrons. The van der Waals surface area contributed by atoms with Gasteiger partial charge in [0, 0.05) is 12.0 Å². The Morgan fingerprint density at radius 1 is 1.39 bits per heavy atom. The monoisotopic (exact) mass is 270 g/mol. The van der Waals surface area contributed by atoms with Crippen LogP contribution in [-0.2, 0) is 6.42 Å². The number of halogens is 1. The summed E-state index contributed by atoms with van der Waals surface area (Å²) in [6, 6.07) is 1.66. The highest BCUT2D eigenvalue weighted by atomic mass is 35.5. The van der Waals surface area contributed by atoms with Crippen molar-refractivity contribution in [2.24, 2.45) is 0 Å². The van der Waals surface area contributed by atoms with E-state index in [9.17, 15) is 9.90 Å². The van der Waals surface area contributed by atoms with Gasteiger partial charge in [0.2, 0.25) is 0 Å². The lowest BCUT2D eigenvalue weighted by Crippen LogP contribution is -2.12.